The van der Waals surface area contributed by atoms with Crippen molar-refractivity contribution in [1.82, 2.24) is 9.13 Å². The molecular weight excluding hydrogens is 312 g/mol. The third-order valence-electron chi connectivity index (χ3n) is 5.45. The zero-order chi connectivity index (χ0) is 17.1. The second-order valence-corrected chi connectivity index (χ2v) is 6.60. The van der Waals surface area contributed by atoms with Crippen LogP contribution in [0.3, 0.4) is 0 Å². The number of ether oxygens (including phenoxy) is 2. The van der Waals surface area contributed by atoms with E-state index in [2.05, 4.69) is 58.6 Å². The van der Waals surface area contributed by atoms with Crippen LogP contribution in [-0.2, 0) is 20.0 Å². The molecule has 0 amide bonds. The number of aryl methyl sites for hydroxylation is 3. The van der Waals surface area contributed by atoms with Gasteiger partial charge in [0.15, 0.2) is 11.5 Å². The van der Waals surface area contributed by atoms with Gasteiger partial charge in [0, 0.05) is 35.9 Å². The molecule has 0 atom stereocenters. The minimum absolute atomic E-state index is 0.773. The Kier molecular flexibility index (Phi) is 2.93. The number of hydrogen-bond donors (Lipinski definition) is 0. The van der Waals surface area contributed by atoms with E-state index < -0.39 is 0 Å². The van der Waals surface area contributed by atoms with Crippen molar-refractivity contribution in [2.75, 3.05) is 14.2 Å². The average molecular weight is 332 g/mol. The molecule has 0 saturated heterocycles. The zero-order valence-electron chi connectivity index (χ0n) is 14.7. The Morgan fingerprint density at radius 1 is 0.920 bits per heavy atom. The number of nitrogens with zero attached hydrogens (tertiary/aromatic N) is 2. The van der Waals surface area contributed by atoms with E-state index >= 15 is 0 Å². The Morgan fingerprint density at radius 3 is 2.48 bits per heavy atom. The van der Waals surface area contributed by atoms with E-state index in [4.69, 9.17) is 9.47 Å². The van der Waals surface area contributed by atoms with Gasteiger partial charge in [-0.25, -0.2) is 0 Å². The van der Waals surface area contributed by atoms with E-state index in [1.807, 2.05) is 0 Å². The van der Waals surface area contributed by atoms with E-state index in [-0.39, 0.29) is 0 Å². The van der Waals surface area contributed by atoms with Crippen LogP contribution in [0.25, 0.3) is 33.2 Å². The summed E-state index contributed by atoms with van der Waals surface area (Å²) >= 11 is 0. The van der Waals surface area contributed by atoms with Crippen LogP contribution >= 0.6 is 0 Å². The molecule has 0 bridgehead atoms. The van der Waals surface area contributed by atoms with Crippen molar-refractivity contribution in [1.29, 1.82) is 0 Å². The average Bonchev–Trinajstić information content (AvgIpc) is 3.16. The molecule has 0 aliphatic carbocycles. The standard InChI is InChI=1S/C21H20N2O2/c1-22-16-7-5-4-6-14(16)15-8-9-23-17-12-20(25-3)19(24-2)11-13(17)10-18(23)21(15)22/h4-7,10-12H,8-9H2,1-3H3. The minimum atomic E-state index is 0.773. The fourth-order valence-corrected chi connectivity index (χ4v) is 4.30. The monoisotopic (exact) mass is 332 g/mol. The normalized spacial score (nSPS) is 13.1. The molecule has 4 nitrogen and oxygen atoms in total. The number of para-hydroxylation sites is 1. The maximum atomic E-state index is 5.50. The van der Waals surface area contributed by atoms with Gasteiger partial charge in [0.2, 0.25) is 0 Å². The molecule has 0 spiro atoms. The first kappa shape index (κ1) is 14.5. The first-order chi connectivity index (χ1) is 12.2. The summed E-state index contributed by atoms with van der Waals surface area (Å²) < 4.78 is 15.7. The van der Waals surface area contributed by atoms with Gasteiger partial charge in [-0.05, 0) is 30.2 Å². The molecule has 0 N–H and O–H groups in total. The Hall–Kier alpha value is -2.88. The number of methoxy groups -OCH3 is 2. The number of rotatable bonds is 2. The number of aromatic nitrogens is 2. The van der Waals surface area contributed by atoms with Gasteiger partial charge in [0.25, 0.3) is 0 Å². The Labute approximate surface area is 146 Å². The fourth-order valence-electron chi connectivity index (χ4n) is 4.30. The van der Waals surface area contributed by atoms with Crippen LogP contribution in [0.15, 0.2) is 42.5 Å². The molecule has 4 heteroatoms. The molecular formula is C21H20N2O2. The molecule has 4 aromatic rings. The van der Waals surface area contributed by atoms with Gasteiger partial charge in [-0.15, -0.1) is 0 Å². The van der Waals surface area contributed by atoms with Gasteiger partial charge in [0.05, 0.1) is 31.1 Å². The van der Waals surface area contributed by atoms with E-state index in [1.54, 1.807) is 14.2 Å². The molecule has 0 unspecified atom stereocenters. The number of fused-ring (bicyclic) bond motifs is 7. The molecule has 5 rings (SSSR count). The van der Waals surface area contributed by atoms with Crippen molar-refractivity contribution in [2.24, 2.45) is 7.05 Å². The SMILES string of the molecule is COc1cc2cc3n(c2cc1OC)CCc1c-3n(C)c2ccccc12. The fraction of sp³-hybridized carbons (Fsp3) is 0.238. The van der Waals surface area contributed by atoms with Crippen LogP contribution < -0.4 is 9.47 Å². The highest BCUT2D eigenvalue weighted by Gasteiger charge is 2.25. The topological polar surface area (TPSA) is 28.3 Å². The summed E-state index contributed by atoms with van der Waals surface area (Å²) in [6, 6.07) is 15.1. The van der Waals surface area contributed by atoms with Gasteiger partial charge in [-0.1, -0.05) is 18.2 Å². The lowest BCUT2D eigenvalue weighted by atomic mass is 10.0. The lowest BCUT2D eigenvalue weighted by Gasteiger charge is -2.19. The molecule has 0 radical (unpaired) electrons. The van der Waals surface area contributed by atoms with Gasteiger partial charge in [0.1, 0.15) is 0 Å². The first-order valence-corrected chi connectivity index (χ1v) is 8.55. The van der Waals surface area contributed by atoms with Crippen molar-refractivity contribution < 1.29 is 9.47 Å². The summed E-state index contributed by atoms with van der Waals surface area (Å²) in [6.45, 7) is 0.981. The van der Waals surface area contributed by atoms with Crippen LogP contribution in [0.2, 0.25) is 0 Å². The number of hydrogen-bond acceptors (Lipinski definition) is 2. The predicted molar refractivity (Wildman–Crippen MR) is 101 cm³/mol. The van der Waals surface area contributed by atoms with Crippen molar-refractivity contribution >= 4 is 21.8 Å². The maximum Gasteiger partial charge on any atom is 0.162 e. The van der Waals surface area contributed by atoms with Crippen molar-refractivity contribution in [2.45, 2.75) is 13.0 Å². The van der Waals surface area contributed by atoms with E-state index in [0.717, 1.165) is 24.5 Å². The third kappa shape index (κ3) is 1.82. The smallest absolute Gasteiger partial charge is 0.162 e. The quantitative estimate of drug-likeness (QED) is 0.545. The molecule has 2 aromatic carbocycles. The van der Waals surface area contributed by atoms with Crippen LogP contribution in [0, 0.1) is 0 Å². The van der Waals surface area contributed by atoms with Gasteiger partial charge >= 0.3 is 0 Å². The summed E-state index contributed by atoms with van der Waals surface area (Å²) in [6.07, 6.45) is 1.04. The molecule has 25 heavy (non-hydrogen) atoms. The van der Waals surface area contributed by atoms with Crippen LogP contribution in [-0.4, -0.2) is 23.4 Å². The molecule has 0 saturated carbocycles. The molecule has 1 aliphatic heterocycles. The Morgan fingerprint density at radius 2 is 1.68 bits per heavy atom. The minimum Gasteiger partial charge on any atom is -0.493 e. The highest BCUT2D eigenvalue weighted by Crippen LogP contribution is 2.42. The van der Waals surface area contributed by atoms with Crippen molar-refractivity contribution in [3.8, 4) is 22.9 Å². The van der Waals surface area contributed by atoms with Crippen LogP contribution in [0.4, 0.5) is 0 Å². The molecule has 2 aromatic heterocycles. The highest BCUT2D eigenvalue weighted by atomic mass is 16.5. The lowest BCUT2D eigenvalue weighted by Crippen LogP contribution is -2.11. The molecule has 126 valence electrons. The first-order valence-electron chi connectivity index (χ1n) is 8.55. The lowest BCUT2D eigenvalue weighted by molar-refractivity contribution is 0.355. The summed E-state index contributed by atoms with van der Waals surface area (Å²) in [7, 11) is 5.53. The predicted octanol–water partition coefficient (Wildman–Crippen LogP) is 4.37. The van der Waals surface area contributed by atoms with Crippen molar-refractivity contribution in [3.63, 3.8) is 0 Å². The maximum absolute atomic E-state index is 5.50. The summed E-state index contributed by atoms with van der Waals surface area (Å²) in [4.78, 5) is 0. The summed E-state index contributed by atoms with van der Waals surface area (Å²) in [5.41, 5.74) is 6.53. The highest BCUT2D eigenvalue weighted by molar-refractivity contribution is 5.96. The number of benzene rings is 2. The van der Waals surface area contributed by atoms with Gasteiger partial charge < -0.3 is 18.6 Å². The zero-order valence-corrected chi connectivity index (χ0v) is 14.7. The van der Waals surface area contributed by atoms with Crippen LogP contribution in [0.1, 0.15) is 5.56 Å². The van der Waals surface area contributed by atoms with Gasteiger partial charge in [-0.2, -0.15) is 0 Å². The summed E-state index contributed by atoms with van der Waals surface area (Å²) in [5, 5.41) is 2.55. The van der Waals surface area contributed by atoms with E-state index in [0.29, 0.717) is 0 Å². The summed E-state index contributed by atoms with van der Waals surface area (Å²) in [5.74, 6) is 1.55. The van der Waals surface area contributed by atoms with Crippen LogP contribution in [0.5, 0.6) is 11.5 Å². The largest absolute Gasteiger partial charge is 0.493 e. The Bertz CT molecular complexity index is 1130. The van der Waals surface area contributed by atoms with E-state index in [1.165, 1.54) is 38.8 Å². The Balaban J connectivity index is 1.85. The third-order valence-corrected chi connectivity index (χ3v) is 5.45. The van der Waals surface area contributed by atoms with E-state index in [9.17, 15) is 0 Å². The molecule has 3 heterocycles. The molecule has 0 fully saturated rings. The second-order valence-electron chi connectivity index (χ2n) is 6.60. The second kappa shape index (κ2) is 5.06. The van der Waals surface area contributed by atoms with Crippen molar-refractivity contribution in [3.05, 3.63) is 48.0 Å². The molecule has 1 aliphatic rings. The van der Waals surface area contributed by atoms with Gasteiger partial charge in [-0.3, -0.25) is 0 Å².